The molecule has 0 aromatic carbocycles. The third-order valence-corrected chi connectivity index (χ3v) is 4.45. The minimum absolute atomic E-state index is 0.0368. The Hall–Kier alpha value is -1.46. The molecule has 24 heavy (non-hydrogen) atoms. The zero-order valence-electron chi connectivity index (χ0n) is 15.1. The SMILES string of the molecule is CCCC/C=C/CCCCCCC1=NC=C[N+]1(CCN)CC(=O)O. The number of aliphatic carboxylic acids is 1. The fourth-order valence-corrected chi connectivity index (χ4v) is 3.09. The molecule has 1 aliphatic rings. The first-order valence-corrected chi connectivity index (χ1v) is 9.33. The van der Waals surface area contributed by atoms with E-state index >= 15 is 0 Å². The Morgan fingerprint density at radius 2 is 1.92 bits per heavy atom. The topological polar surface area (TPSA) is 75.7 Å². The number of rotatable bonds is 14. The number of carboxylic acid groups (broad SMARTS) is 1. The third-order valence-electron chi connectivity index (χ3n) is 4.45. The molecule has 0 aromatic rings. The van der Waals surface area contributed by atoms with Crippen molar-refractivity contribution in [3.8, 4) is 0 Å². The summed E-state index contributed by atoms with van der Waals surface area (Å²) in [6.07, 6.45) is 18.6. The average molecular weight is 337 g/mol. The van der Waals surface area contributed by atoms with Gasteiger partial charge in [-0.2, -0.15) is 0 Å². The summed E-state index contributed by atoms with van der Waals surface area (Å²) in [6, 6.07) is 0. The van der Waals surface area contributed by atoms with E-state index in [2.05, 4.69) is 24.1 Å². The summed E-state index contributed by atoms with van der Waals surface area (Å²) >= 11 is 0. The molecule has 1 rings (SSSR count). The van der Waals surface area contributed by atoms with E-state index in [1.54, 1.807) is 6.20 Å². The van der Waals surface area contributed by atoms with E-state index in [1.807, 2.05) is 6.20 Å². The smallest absolute Gasteiger partial charge is 0.360 e. The van der Waals surface area contributed by atoms with Crippen molar-refractivity contribution >= 4 is 11.8 Å². The summed E-state index contributed by atoms with van der Waals surface area (Å²) in [6.45, 7) is 3.32. The second kappa shape index (κ2) is 12.0. The lowest BCUT2D eigenvalue weighted by Gasteiger charge is -2.30. The highest BCUT2D eigenvalue weighted by Crippen LogP contribution is 2.21. The highest BCUT2D eigenvalue weighted by molar-refractivity contribution is 5.81. The lowest BCUT2D eigenvalue weighted by atomic mass is 10.1. The molecule has 1 atom stereocenters. The number of unbranched alkanes of at least 4 members (excludes halogenated alkanes) is 6. The second-order valence-electron chi connectivity index (χ2n) is 6.51. The van der Waals surface area contributed by atoms with Crippen LogP contribution in [0.5, 0.6) is 0 Å². The van der Waals surface area contributed by atoms with E-state index in [4.69, 9.17) is 5.73 Å². The number of carbonyl (C=O) groups is 1. The molecule has 136 valence electrons. The summed E-state index contributed by atoms with van der Waals surface area (Å²) in [5, 5.41) is 9.18. The van der Waals surface area contributed by atoms with E-state index in [-0.39, 0.29) is 6.54 Å². The molecule has 5 heteroatoms. The molecule has 1 aliphatic heterocycles. The molecule has 3 N–H and O–H groups in total. The Kier molecular flexibility index (Phi) is 10.3. The maximum Gasteiger partial charge on any atom is 0.360 e. The first kappa shape index (κ1) is 20.6. The monoisotopic (exact) mass is 336 g/mol. The van der Waals surface area contributed by atoms with E-state index in [1.165, 1.54) is 38.5 Å². The van der Waals surface area contributed by atoms with Crippen LogP contribution in [0.3, 0.4) is 0 Å². The van der Waals surface area contributed by atoms with Crippen LogP contribution < -0.4 is 5.73 Å². The first-order chi connectivity index (χ1) is 11.6. The Morgan fingerprint density at radius 3 is 2.58 bits per heavy atom. The molecule has 0 radical (unpaired) electrons. The predicted molar refractivity (Wildman–Crippen MR) is 99.6 cm³/mol. The van der Waals surface area contributed by atoms with Gasteiger partial charge in [0.05, 0.1) is 6.20 Å². The van der Waals surface area contributed by atoms with Gasteiger partial charge < -0.3 is 10.8 Å². The number of quaternary nitrogens is 1. The summed E-state index contributed by atoms with van der Waals surface area (Å²) in [5.41, 5.74) is 5.68. The number of nitrogens with two attached hydrogens (primary N) is 1. The molecule has 1 unspecified atom stereocenters. The van der Waals surface area contributed by atoms with Crippen molar-refractivity contribution < 1.29 is 14.4 Å². The van der Waals surface area contributed by atoms with Crippen LogP contribution in [0.2, 0.25) is 0 Å². The van der Waals surface area contributed by atoms with Gasteiger partial charge in [-0.1, -0.05) is 44.8 Å². The summed E-state index contributed by atoms with van der Waals surface area (Å²) in [7, 11) is 0. The quantitative estimate of drug-likeness (QED) is 0.288. The largest absolute Gasteiger partial charge is 0.477 e. The van der Waals surface area contributed by atoms with Crippen molar-refractivity contribution in [3.63, 3.8) is 0 Å². The molecule has 0 bridgehead atoms. The first-order valence-electron chi connectivity index (χ1n) is 9.33. The maximum atomic E-state index is 11.2. The molecule has 1 heterocycles. The lowest BCUT2D eigenvalue weighted by Crippen LogP contribution is -2.52. The fraction of sp³-hybridized carbons (Fsp3) is 0.684. The van der Waals surface area contributed by atoms with E-state index in [9.17, 15) is 9.90 Å². The Bertz CT molecular complexity index is 458. The van der Waals surface area contributed by atoms with Gasteiger partial charge in [0.15, 0.2) is 6.54 Å². The van der Waals surface area contributed by atoms with E-state index in [0.717, 1.165) is 25.1 Å². The van der Waals surface area contributed by atoms with Crippen LogP contribution in [-0.4, -0.2) is 41.0 Å². The number of aliphatic imine (C=N–C) groups is 1. The zero-order valence-corrected chi connectivity index (χ0v) is 15.1. The fourth-order valence-electron chi connectivity index (χ4n) is 3.09. The van der Waals surface area contributed by atoms with Crippen LogP contribution in [0, 0.1) is 0 Å². The third kappa shape index (κ3) is 7.41. The van der Waals surface area contributed by atoms with Crippen LogP contribution in [0.1, 0.15) is 64.7 Å². The molecule has 0 spiro atoms. The minimum Gasteiger partial charge on any atom is -0.477 e. The Balaban J connectivity index is 2.24. The Labute approximate surface area is 146 Å². The van der Waals surface area contributed by atoms with Gasteiger partial charge in [0.2, 0.25) is 5.84 Å². The molecule has 5 nitrogen and oxygen atoms in total. The van der Waals surface area contributed by atoms with Crippen LogP contribution in [-0.2, 0) is 4.79 Å². The number of allylic oxidation sites excluding steroid dienone is 2. The molecule has 0 amide bonds. The molecule has 0 saturated carbocycles. The number of hydrogen-bond acceptors (Lipinski definition) is 3. The molecule has 0 aromatic heterocycles. The van der Waals surface area contributed by atoms with Gasteiger partial charge in [-0.05, 0) is 25.7 Å². The van der Waals surface area contributed by atoms with Crippen LogP contribution >= 0.6 is 0 Å². The summed E-state index contributed by atoms with van der Waals surface area (Å²) in [4.78, 5) is 15.6. The highest BCUT2D eigenvalue weighted by atomic mass is 16.4. The maximum absolute atomic E-state index is 11.2. The van der Waals surface area contributed by atoms with Gasteiger partial charge >= 0.3 is 5.97 Å². The van der Waals surface area contributed by atoms with Gasteiger partial charge in [0.1, 0.15) is 12.7 Å². The van der Waals surface area contributed by atoms with Crippen molar-refractivity contribution in [2.45, 2.75) is 64.7 Å². The van der Waals surface area contributed by atoms with Crippen LogP contribution in [0.4, 0.5) is 0 Å². The van der Waals surface area contributed by atoms with Crippen molar-refractivity contribution in [2.24, 2.45) is 10.7 Å². The minimum atomic E-state index is -0.808. The van der Waals surface area contributed by atoms with Crippen molar-refractivity contribution in [1.29, 1.82) is 0 Å². The normalized spacial score (nSPS) is 20.0. The zero-order chi connectivity index (χ0) is 17.7. The van der Waals surface area contributed by atoms with Crippen LogP contribution in [0.25, 0.3) is 0 Å². The van der Waals surface area contributed by atoms with E-state index in [0.29, 0.717) is 17.6 Å². The Morgan fingerprint density at radius 1 is 1.21 bits per heavy atom. The van der Waals surface area contributed by atoms with Crippen LogP contribution in [0.15, 0.2) is 29.5 Å². The second-order valence-corrected chi connectivity index (χ2v) is 6.51. The van der Waals surface area contributed by atoms with Gasteiger partial charge in [0.25, 0.3) is 0 Å². The molecule has 0 aliphatic carbocycles. The van der Waals surface area contributed by atoms with Gasteiger partial charge in [-0.3, -0.25) is 0 Å². The van der Waals surface area contributed by atoms with Crippen molar-refractivity contribution in [1.82, 2.24) is 0 Å². The van der Waals surface area contributed by atoms with Crippen molar-refractivity contribution in [2.75, 3.05) is 19.6 Å². The summed E-state index contributed by atoms with van der Waals surface area (Å²) in [5.74, 6) is 0.139. The average Bonchev–Trinajstić information content (AvgIpc) is 2.91. The molecule has 0 fully saturated rings. The molecular formula is C19H34N3O2+. The van der Waals surface area contributed by atoms with Crippen molar-refractivity contribution in [3.05, 3.63) is 24.6 Å². The standard InChI is InChI=1S/C19H33N3O2/c1-2-3-4-5-6-7-8-9-10-11-12-18-21-14-16-22(18,15-13-20)17-19(23)24/h5-6,14,16H,2-4,7-13,15,17,20H2,1H3/p+1/b6-5+. The molecular weight excluding hydrogens is 302 g/mol. The predicted octanol–water partition coefficient (Wildman–Crippen LogP) is 3.82. The number of hydrogen-bond donors (Lipinski definition) is 2. The van der Waals surface area contributed by atoms with Gasteiger partial charge in [0, 0.05) is 13.0 Å². The van der Waals surface area contributed by atoms with E-state index < -0.39 is 5.97 Å². The summed E-state index contributed by atoms with van der Waals surface area (Å²) < 4.78 is 0.298. The van der Waals surface area contributed by atoms with Gasteiger partial charge in [-0.15, -0.1) is 0 Å². The van der Waals surface area contributed by atoms with Gasteiger partial charge in [-0.25, -0.2) is 14.3 Å². The number of nitrogens with zero attached hydrogens (tertiary/aromatic N) is 2. The number of carboxylic acids is 1. The highest BCUT2D eigenvalue weighted by Gasteiger charge is 2.36. The lowest BCUT2D eigenvalue weighted by molar-refractivity contribution is -0.778. The molecule has 0 saturated heterocycles. The number of amidine groups is 1.